The van der Waals surface area contributed by atoms with Gasteiger partial charge in [-0.2, -0.15) is 0 Å². The van der Waals surface area contributed by atoms with Crippen molar-refractivity contribution in [1.29, 1.82) is 0 Å². The summed E-state index contributed by atoms with van der Waals surface area (Å²) in [6.45, 7) is 3.87. The topological polar surface area (TPSA) is 69.6 Å². The van der Waals surface area contributed by atoms with E-state index in [1.165, 1.54) is 18.0 Å². The molecule has 0 bridgehead atoms. The van der Waals surface area contributed by atoms with Crippen LogP contribution in [-0.4, -0.2) is 30.7 Å². The van der Waals surface area contributed by atoms with Crippen molar-refractivity contribution in [3.05, 3.63) is 40.9 Å². The van der Waals surface area contributed by atoms with Crippen molar-refractivity contribution in [3.63, 3.8) is 0 Å². The molecule has 0 unspecified atom stereocenters. The van der Waals surface area contributed by atoms with Crippen LogP contribution in [0.5, 0.6) is 0 Å². The first-order chi connectivity index (χ1) is 8.43. The molecule has 0 aliphatic carbocycles. The zero-order chi connectivity index (χ0) is 13.7. The maximum atomic E-state index is 11.8. The SMILES string of the molecule is C=C(Br)CNC(=O)N(C)c1ccccc1C(=O)O. The van der Waals surface area contributed by atoms with Gasteiger partial charge in [0.2, 0.25) is 0 Å². The molecule has 0 aliphatic rings. The van der Waals surface area contributed by atoms with Gasteiger partial charge in [0.15, 0.2) is 0 Å². The third-order valence-corrected chi connectivity index (χ3v) is 2.51. The normalized spacial score (nSPS) is 9.67. The third kappa shape index (κ3) is 3.59. The van der Waals surface area contributed by atoms with Gasteiger partial charge in [0, 0.05) is 11.5 Å². The van der Waals surface area contributed by atoms with Crippen molar-refractivity contribution in [2.75, 3.05) is 18.5 Å². The van der Waals surface area contributed by atoms with Gasteiger partial charge in [-0.1, -0.05) is 34.6 Å². The second kappa shape index (κ2) is 6.20. The fourth-order valence-corrected chi connectivity index (χ4v) is 1.49. The molecule has 0 aliphatic heterocycles. The molecule has 0 atom stereocenters. The molecular formula is C12H13BrN2O3. The fraction of sp³-hybridized carbons (Fsp3) is 0.167. The molecule has 0 aromatic heterocycles. The van der Waals surface area contributed by atoms with Gasteiger partial charge in [0.1, 0.15) is 0 Å². The van der Waals surface area contributed by atoms with Gasteiger partial charge < -0.3 is 10.4 Å². The molecule has 0 spiro atoms. The summed E-state index contributed by atoms with van der Waals surface area (Å²) in [6, 6.07) is 5.91. The molecule has 2 N–H and O–H groups in total. The maximum Gasteiger partial charge on any atom is 0.337 e. The van der Waals surface area contributed by atoms with Crippen LogP contribution in [0, 0.1) is 0 Å². The minimum absolute atomic E-state index is 0.0767. The Morgan fingerprint density at radius 2 is 2.06 bits per heavy atom. The Bertz CT molecular complexity index is 488. The number of anilines is 1. The van der Waals surface area contributed by atoms with Crippen LogP contribution in [0.15, 0.2) is 35.3 Å². The molecule has 1 aromatic carbocycles. The molecule has 18 heavy (non-hydrogen) atoms. The van der Waals surface area contributed by atoms with Crippen molar-refractivity contribution < 1.29 is 14.7 Å². The number of halogens is 1. The van der Waals surface area contributed by atoms with Crippen molar-refractivity contribution in [3.8, 4) is 0 Å². The van der Waals surface area contributed by atoms with E-state index < -0.39 is 12.0 Å². The molecular weight excluding hydrogens is 300 g/mol. The summed E-state index contributed by atoms with van der Waals surface area (Å²) in [4.78, 5) is 24.1. The summed E-state index contributed by atoms with van der Waals surface area (Å²) in [5.41, 5.74) is 0.413. The monoisotopic (exact) mass is 312 g/mol. The number of benzene rings is 1. The highest BCUT2D eigenvalue weighted by Gasteiger charge is 2.17. The van der Waals surface area contributed by atoms with Crippen LogP contribution >= 0.6 is 15.9 Å². The molecule has 1 aromatic rings. The number of amides is 2. The summed E-state index contributed by atoms with van der Waals surface area (Å²) in [5.74, 6) is -1.07. The number of para-hydroxylation sites is 1. The van der Waals surface area contributed by atoms with Crippen LogP contribution in [0.2, 0.25) is 0 Å². The predicted molar refractivity (Wildman–Crippen MR) is 73.3 cm³/mol. The molecule has 0 heterocycles. The highest BCUT2D eigenvalue weighted by Crippen LogP contribution is 2.19. The minimum Gasteiger partial charge on any atom is -0.478 e. The first kappa shape index (κ1) is 14.2. The van der Waals surface area contributed by atoms with Crippen LogP contribution in [0.1, 0.15) is 10.4 Å². The Kier molecular flexibility index (Phi) is 4.91. The van der Waals surface area contributed by atoms with E-state index in [0.29, 0.717) is 10.2 Å². The van der Waals surface area contributed by atoms with Gasteiger partial charge in [-0.15, -0.1) is 0 Å². The molecule has 2 amide bonds. The lowest BCUT2D eigenvalue weighted by Crippen LogP contribution is -2.38. The maximum absolute atomic E-state index is 11.8. The number of hydrogen-bond acceptors (Lipinski definition) is 2. The van der Waals surface area contributed by atoms with Gasteiger partial charge in [-0.25, -0.2) is 9.59 Å². The lowest BCUT2D eigenvalue weighted by Gasteiger charge is -2.19. The van der Waals surface area contributed by atoms with Crippen LogP contribution in [-0.2, 0) is 0 Å². The van der Waals surface area contributed by atoms with Crippen LogP contribution in [0.4, 0.5) is 10.5 Å². The lowest BCUT2D eigenvalue weighted by atomic mass is 10.1. The van der Waals surface area contributed by atoms with E-state index in [-0.39, 0.29) is 12.1 Å². The number of nitrogens with one attached hydrogen (secondary N) is 1. The Morgan fingerprint density at radius 1 is 1.44 bits per heavy atom. The Morgan fingerprint density at radius 3 is 2.61 bits per heavy atom. The van der Waals surface area contributed by atoms with E-state index in [2.05, 4.69) is 27.8 Å². The van der Waals surface area contributed by atoms with Gasteiger partial charge in [-0.05, 0) is 12.1 Å². The predicted octanol–water partition coefficient (Wildman–Crippen LogP) is 2.44. The second-order valence-corrected chi connectivity index (χ2v) is 4.68. The van der Waals surface area contributed by atoms with Gasteiger partial charge >= 0.3 is 12.0 Å². The fourth-order valence-electron chi connectivity index (χ4n) is 1.35. The first-order valence-electron chi connectivity index (χ1n) is 5.10. The largest absolute Gasteiger partial charge is 0.478 e. The standard InChI is InChI=1S/C12H13BrN2O3/c1-8(13)7-14-12(18)15(2)10-6-4-3-5-9(10)11(16)17/h3-6H,1,7H2,2H3,(H,14,18)(H,16,17). The lowest BCUT2D eigenvalue weighted by molar-refractivity contribution is 0.0697. The average Bonchev–Trinajstić information content (AvgIpc) is 2.34. The number of aromatic carboxylic acids is 1. The number of carboxylic acid groups (broad SMARTS) is 1. The Labute approximate surface area is 113 Å². The van der Waals surface area contributed by atoms with E-state index in [1.807, 2.05) is 0 Å². The molecule has 0 saturated heterocycles. The molecule has 0 saturated carbocycles. The van der Waals surface area contributed by atoms with Crippen molar-refractivity contribution in [1.82, 2.24) is 5.32 Å². The summed E-state index contributed by atoms with van der Waals surface area (Å²) in [7, 11) is 1.51. The van der Waals surface area contributed by atoms with E-state index in [0.717, 1.165) is 0 Å². The molecule has 6 heteroatoms. The summed E-state index contributed by atoms with van der Waals surface area (Å²) in [6.07, 6.45) is 0. The molecule has 0 radical (unpaired) electrons. The summed E-state index contributed by atoms with van der Waals surface area (Å²) >= 11 is 3.12. The smallest absolute Gasteiger partial charge is 0.337 e. The number of carbonyl (C=O) groups is 2. The van der Waals surface area contributed by atoms with Crippen LogP contribution in [0.25, 0.3) is 0 Å². The Balaban J connectivity index is 2.89. The van der Waals surface area contributed by atoms with Crippen LogP contribution in [0.3, 0.4) is 0 Å². The second-order valence-electron chi connectivity index (χ2n) is 3.56. The molecule has 1 rings (SSSR count). The van der Waals surface area contributed by atoms with E-state index in [4.69, 9.17) is 5.11 Å². The van der Waals surface area contributed by atoms with Crippen molar-refractivity contribution in [2.24, 2.45) is 0 Å². The van der Waals surface area contributed by atoms with Crippen molar-refractivity contribution >= 4 is 33.6 Å². The highest BCUT2D eigenvalue weighted by atomic mass is 79.9. The first-order valence-corrected chi connectivity index (χ1v) is 5.90. The zero-order valence-corrected chi connectivity index (χ0v) is 11.4. The number of carboxylic acids is 1. The van der Waals surface area contributed by atoms with E-state index >= 15 is 0 Å². The molecule has 5 nitrogen and oxygen atoms in total. The van der Waals surface area contributed by atoms with E-state index in [1.54, 1.807) is 18.2 Å². The van der Waals surface area contributed by atoms with E-state index in [9.17, 15) is 9.59 Å². The highest BCUT2D eigenvalue weighted by molar-refractivity contribution is 9.11. The molecule has 0 fully saturated rings. The van der Waals surface area contributed by atoms with Gasteiger partial charge in [0.05, 0.1) is 17.8 Å². The number of rotatable bonds is 4. The third-order valence-electron chi connectivity index (χ3n) is 2.23. The minimum atomic E-state index is -1.07. The zero-order valence-electron chi connectivity index (χ0n) is 9.81. The number of urea groups is 1. The summed E-state index contributed by atoms with van der Waals surface area (Å²) < 4.78 is 0.635. The summed E-state index contributed by atoms with van der Waals surface area (Å²) in [5, 5.41) is 11.6. The van der Waals surface area contributed by atoms with Crippen LogP contribution < -0.4 is 10.2 Å². The number of hydrogen-bond donors (Lipinski definition) is 2. The number of nitrogens with zero attached hydrogens (tertiary/aromatic N) is 1. The molecule has 96 valence electrons. The average molecular weight is 313 g/mol. The van der Waals surface area contributed by atoms with Gasteiger partial charge in [0.25, 0.3) is 0 Å². The number of carbonyl (C=O) groups excluding carboxylic acids is 1. The Hall–Kier alpha value is -1.82. The quantitative estimate of drug-likeness (QED) is 0.897. The van der Waals surface area contributed by atoms with Crippen molar-refractivity contribution in [2.45, 2.75) is 0 Å². The van der Waals surface area contributed by atoms with Gasteiger partial charge in [-0.3, -0.25) is 4.90 Å².